The second-order valence-electron chi connectivity index (χ2n) is 3.56. The van der Waals surface area contributed by atoms with E-state index in [1.54, 1.807) is 12.1 Å². The van der Waals surface area contributed by atoms with Gasteiger partial charge in [0.25, 0.3) is 0 Å². The first-order valence-corrected chi connectivity index (χ1v) is 6.49. The number of aliphatic hydroxyl groups is 1. The highest BCUT2D eigenvalue weighted by Crippen LogP contribution is 2.24. The van der Waals surface area contributed by atoms with Crippen molar-refractivity contribution in [2.75, 3.05) is 36.1 Å². The number of benzene rings is 1. The SMILES string of the molecule is CN(C)c1ccccc1NS(=O)(=O)CCO. The second kappa shape index (κ2) is 5.18. The molecule has 0 unspecified atom stereocenters. The van der Waals surface area contributed by atoms with Crippen LogP contribution in [0.25, 0.3) is 0 Å². The average Bonchev–Trinajstić information content (AvgIpc) is 2.17. The Morgan fingerprint density at radius 3 is 2.50 bits per heavy atom. The molecule has 0 aromatic heterocycles. The highest BCUT2D eigenvalue weighted by molar-refractivity contribution is 7.92. The molecule has 16 heavy (non-hydrogen) atoms. The first kappa shape index (κ1) is 12.8. The van der Waals surface area contributed by atoms with E-state index >= 15 is 0 Å². The molecule has 0 aliphatic heterocycles. The van der Waals surface area contributed by atoms with Crippen LogP contribution in [0.4, 0.5) is 11.4 Å². The molecule has 0 saturated heterocycles. The first-order valence-electron chi connectivity index (χ1n) is 4.84. The quantitative estimate of drug-likeness (QED) is 0.790. The third-order valence-electron chi connectivity index (χ3n) is 2.01. The van der Waals surface area contributed by atoms with Gasteiger partial charge in [-0.05, 0) is 12.1 Å². The Hall–Kier alpha value is -1.27. The Morgan fingerprint density at radius 2 is 1.94 bits per heavy atom. The maximum Gasteiger partial charge on any atom is 0.235 e. The lowest BCUT2D eigenvalue weighted by molar-refractivity contribution is 0.320. The minimum Gasteiger partial charge on any atom is -0.395 e. The van der Waals surface area contributed by atoms with Gasteiger partial charge in [-0.2, -0.15) is 0 Å². The maximum atomic E-state index is 11.5. The van der Waals surface area contributed by atoms with E-state index in [0.717, 1.165) is 5.69 Å². The molecule has 0 radical (unpaired) electrons. The predicted octanol–water partition coefficient (Wildman–Crippen LogP) is 0.487. The lowest BCUT2D eigenvalue weighted by Gasteiger charge is -2.18. The van der Waals surface area contributed by atoms with E-state index in [2.05, 4.69) is 4.72 Å². The summed E-state index contributed by atoms with van der Waals surface area (Å²) in [6.45, 7) is -0.389. The van der Waals surface area contributed by atoms with Crippen LogP contribution >= 0.6 is 0 Å². The monoisotopic (exact) mass is 244 g/mol. The van der Waals surface area contributed by atoms with Crippen molar-refractivity contribution in [1.82, 2.24) is 0 Å². The van der Waals surface area contributed by atoms with Crippen LogP contribution in [0.1, 0.15) is 0 Å². The van der Waals surface area contributed by atoms with Crippen LogP contribution in [0.15, 0.2) is 24.3 Å². The fraction of sp³-hybridized carbons (Fsp3) is 0.400. The van der Waals surface area contributed by atoms with Crippen LogP contribution in [-0.2, 0) is 10.0 Å². The van der Waals surface area contributed by atoms with Gasteiger partial charge in [0, 0.05) is 14.1 Å². The van der Waals surface area contributed by atoms with E-state index in [9.17, 15) is 8.42 Å². The molecule has 0 bridgehead atoms. The maximum absolute atomic E-state index is 11.5. The Bertz CT molecular complexity index is 443. The molecule has 0 aliphatic rings. The van der Waals surface area contributed by atoms with E-state index in [4.69, 9.17) is 5.11 Å². The van der Waals surface area contributed by atoms with Gasteiger partial charge in [-0.25, -0.2) is 8.42 Å². The van der Waals surface area contributed by atoms with Gasteiger partial charge in [0.1, 0.15) is 0 Å². The second-order valence-corrected chi connectivity index (χ2v) is 5.40. The zero-order valence-electron chi connectivity index (χ0n) is 9.34. The summed E-state index contributed by atoms with van der Waals surface area (Å²) in [5.41, 5.74) is 1.30. The number of hydrogen-bond donors (Lipinski definition) is 2. The summed E-state index contributed by atoms with van der Waals surface area (Å²) in [7, 11) is 0.198. The van der Waals surface area contributed by atoms with Gasteiger partial charge in [0.05, 0.1) is 23.7 Å². The van der Waals surface area contributed by atoms with Crippen molar-refractivity contribution < 1.29 is 13.5 Å². The van der Waals surface area contributed by atoms with Crippen LogP contribution in [0, 0.1) is 0 Å². The summed E-state index contributed by atoms with van der Waals surface area (Å²) in [5.74, 6) is -0.297. The van der Waals surface area contributed by atoms with Crippen LogP contribution in [0.2, 0.25) is 0 Å². The molecule has 5 nitrogen and oxygen atoms in total. The molecule has 6 heteroatoms. The van der Waals surface area contributed by atoms with E-state index in [1.165, 1.54) is 0 Å². The van der Waals surface area contributed by atoms with Crippen LogP contribution in [-0.4, -0.2) is 40.0 Å². The van der Waals surface area contributed by atoms with Gasteiger partial charge < -0.3 is 10.0 Å². The van der Waals surface area contributed by atoms with E-state index in [-0.39, 0.29) is 12.4 Å². The van der Waals surface area contributed by atoms with Gasteiger partial charge in [-0.3, -0.25) is 4.72 Å². The number of anilines is 2. The standard InChI is InChI=1S/C10H16N2O3S/c1-12(2)10-6-4-3-5-9(10)11-16(14,15)8-7-13/h3-6,11,13H,7-8H2,1-2H3. The molecule has 0 fully saturated rings. The van der Waals surface area contributed by atoms with Crippen molar-refractivity contribution in [1.29, 1.82) is 0 Å². The van der Waals surface area contributed by atoms with Gasteiger partial charge in [0.15, 0.2) is 0 Å². The summed E-state index contributed by atoms with van der Waals surface area (Å²) in [6, 6.07) is 7.09. The average molecular weight is 244 g/mol. The molecular weight excluding hydrogens is 228 g/mol. The molecule has 1 aromatic carbocycles. The zero-order valence-corrected chi connectivity index (χ0v) is 10.2. The molecule has 0 amide bonds. The van der Waals surface area contributed by atoms with Crippen molar-refractivity contribution in [3.8, 4) is 0 Å². The number of aliphatic hydroxyl groups excluding tert-OH is 1. The van der Waals surface area contributed by atoms with Crippen LogP contribution in [0.5, 0.6) is 0 Å². The largest absolute Gasteiger partial charge is 0.395 e. The van der Waals surface area contributed by atoms with Crippen molar-refractivity contribution in [3.05, 3.63) is 24.3 Å². The highest BCUT2D eigenvalue weighted by atomic mass is 32.2. The molecule has 0 atom stereocenters. The van der Waals surface area contributed by atoms with Crippen LogP contribution < -0.4 is 9.62 Å². The minimum absolute atomic E-state index is 0.297. The van der Waals surface area contributed by atoms with Crippen molar-refractivity contribution >= 4 is 21.4 Å². The molecule has 90 valence electrons. The number of hydrogen-bond acceptors (Lipinski definition) is 4. The molecule has 2 N–H and O–H groups in total. The van der Waals surface area contributed by atoms with E-state index in [0.29, 0.717) is 5.69 Å². The summed E-state index contributed by atoms with van der Waals surface area (Å²) in [6.07, 6.45) is 0. The zero-order chi connectivity index (χ0) is 12.2. The molecule has 1 aromatic rings. The number of nitrogens with one attached hydrogen (secondary N) is 1. The summed E-state index contributed by atoms with van der Waals surface area (Å²) < 4.78 is 25.4. The number of nitrogens with zero attached hydrogens (tertiary/aromatic N) is 1. The molecule has 0 heterocycles. The lowest BCUT2D eigenvalue weighted by Crippen LogP contribution is -2.21. The Balaban J connectivity index is 2.97. The molecular formula is C10H16N2O3S. The number of sulfonamides is 1. The third kappa shape index (κ3) is 3.39. The molecule has 1 rings (SSSR count). The molecule has 0 saturated carbocycles. The van der Waals surface area contributed by atoms with Crippen molar-refractivity contribution in [2.24, 2.45) is 0 Å². The van der Waals surface area contributed by atoms with Gasteiger partial charge in [-0.1, -0.05) is 12.1 Å². The summed E-state index contributed by atoms with van der Waals surface area (Å²) in [5, 5.41) is 8.63. The highest BCUT2D eigenvalue weighted by Gasteiger charge is 2.12. The van der Waals surface area contributed by atoms with Gasteiger partial charge in [-0.15, -0.1) is 0 Å². The number of rotatable bonds is 5. The Kier molecular flexibility index (Phi) is 4.14. The van der Waals surface area contributed by atoms with E-state index < -0.39 is 10.0 Å². The van der Waals surface area contributed by atoms with Gasteiger partial charge in [0.2, 0.25) is 10.0 Å². The fourth-order valence-electron chi connectivity index (χ4n) is 1.29. The summed E-state index contributed by atoms with van der Waals surface area (Å²) >= 11 is 0. The van der Waals surface area contributed by atoms with Crippen LogP contribution in [0.3, 0.4) is 0 Å². The number of para-hydroxylation sites is 2. The lowest BCUT2D eigenvalue weighted by atomic mass is 10.2. The Labute approximate surface area is 95.8 Å². The third-order valence-corrected chi connectivity index (χ3v) is 3.26. The van der Waals surface area contributed by atoms with E-state index in [1.807, 2.05) is 31.1 Å². The first-order chi connectivity index (χ1) is 7.46. The topological polar surface area (TPSA) is 69.6 Å². The summed E-state index contributed by atoms with van der Waals surface area (Å²) in [4.78, 5) is 1.82. The fourth-order valence-corrected chi connectivity index (χ4v) is 2.14. The molecule has 0 aliphatic carbocycles. The smallest absolute Gasteiger partial charge is 0.235 e. The van der Waals surface area contributed by atoms with Crippen molar-refractivity contribution in [3.63, 3.8) is 0 Å². The normalized spacial score (nSPS) is 11.2. The molecule has 0 spiro atoms. The van der Waals surface area contributed by atoms with Gasteiger partial charge >= 0.3 is 0 Å². The minimum atomic E-state index is -3.47. The Morgan fingerprint density at radius 1 is 1.31 bits per heavy atom. The predicted molar refractivity (Wildman–Crippen MR) is 65.3 cm³/mol. The van der Waals surface area contributed by atoms with Crippen molar-refractivity contribution in [2.45, 2.75) is 0 Å².